The predicted octanol–water partition coefficient (Wildman–Crippen LogP) is 4.78. The van der Waals surface area contributed by atoms with Crippen molar-refractivity contribution >= 4 is 35.0 Å². The van der Waals surface area contributed by atoms with Crippen LogP contribution in [-0.2, 0) is 0 Å². The first-order valence-electron chi connectivity index (χ1n) is 4.66. The third kappa shape index (κ3) is 3.95. The van der Waals surface area contributed by atoms with Crippen molar-refractivity contribution in [2.75, 3.05) is 0 Å². The zero-order chi connectivity index (χ0) is 11.3. The SMILES string of the molecule is CCC(CC#N)Sc1ccc(Cl)c(Cl)c1. The molecular weight excluding hydrogens is 249 g/mol. The van der Waals surface area contributed by atoms with Crippen molar-refractivity contribution in [2.24, 2.45) is 0 Å². The molecular formula is C11H11Cl2NS. The van der Waals surface area contributed by atoms with Crippen molar-refractivity contribution in [3.05, 3.63) is 28.2 Å². The Hall–Kier alpha value is -0.360. The van der Waals surface area contributed by atoms with Gasteiger partial charge in [0, 0.05) is 16.6 Å². The average molecular weight is 260 g/mol. The van der Waals surface area contributed by atoms with Crippen LogP contribution in [0.15, 0.2) is 23.1 Å². The van der Waals surface area contributed by atoms with Gasteiger partial charge in [-0.15, -0.1) is 11.8 Å². The molecule has 1 aromatic carbocycles. The number of benzene rings is 1. The molecule has 0 radical (unpaired) electrons. The first-order chi connectivity index (χ1) is 7.17. The molecule has 1 rings (SSSR count). The molecule has 0 aliphatic rings. The van der Waals surface area contributed by atoms with Crippen LogP contribution in [-0.4, -0.2) is 5.25 Å². The molecule has 0 aliphatic carbocycles. The summed E-state index contributed by atoms with van der Waals surface area (Å²) in [6, 6.07) is 7.74. The molecule has 0 aliphatic heterocycles. The van der Waals surface area contributed by atoms with E-state index in [1.54, 1.807) is 17.8 Å². The minimum absolute atomic E-state index is 0.326. The molecule has 0 bridgehead atoms. The van der Waals surface area contributed by atoms with Gasteiger partial charge in [0.25, 0.3) is 0 Å². The number of hydrogen-bond donors (Lipinski definition) is 0. The fourth-order valence-electron chi connectivity index (χ4n) is 1.11. The zero-order valence-electron chi connectivity index (χ0n) is 8.34. The first-order valence-corrected chi connectivity index (χ1v) is 6.29. The van der Waals surface area contributed by atoms with Gasteiger partial charge >= 0.3 is 0 Å². The lowest BCUT2D eigenvalue weighted by Crippen LogP contribution is -1.98. The molecule has 0 spiro atoms. The Morgan fingerprint density at radius 2 is 2.13 bits per heavy atom. The predicted molar refractivity (Wildman–Crippen MR) is 66.6 cm³/mol. The average Bonchev–Trinajstić information content (AvgIpc) is 2.23. The highest BCUT2D eigenvalue weighted by Gasteiger charge is 2.08. The van der Waals surface area contributed by atoms with E-state index in [0.717, 1.165) is 11.3 Å². The van der Waals surface area contributed by atoms with Crippen LogP contribution < -0.4 is 0 Å². The molecule has 1 aromatic rings. The monoisotopic (exact) mass is 259 g/mol. The molecule has 0 fully saturated rings. The number of halogens is 2. The lowest BCUT2D eigenvalue weighted by Gasteiger charge is -2.10. The Bertz CT molecular complexity index is 373. The Morgan fingerprint density at radius 3 is 2.67 bits per heavy atom. The van der Waals surface area contributed by atoms with Crippen LogP contribution in [0.1, 0.15) is 19.8 Å². The normalized spacial score (nSPS) is 12.1. The number of nitrogens with zero attached hydrogens (tertiary/aromatic N) is 1. The summed E-state index contributed by atoms with van der Waals surface area (Å²) in [4.78, 5) is 1.06. The summed E-state index contributed by atoms with van der Waals surface area (Å²) in [6.07, 6.45) is 1.53. The second-order valence-electron chi connectivity index (χ2n) is 3.09. The second-order valence-corrected chi connectivity index (χ2v) is 5.27. The zero-order valence-corrected chi connectivity index (χ0v) is 10.7. The van der Waals surface area contributed by atoms with E-state index in [-0.39, 0.29) is 0 Å². The smallest absolute Gasteiger partial charge is 0.0633 e. The summed E-state index contributed by atoms with van der Waals surface area (Å²) in [5.74, 6) is 0. The third-order valence-electron chi connectivity index (χ3n) is 1.97. The summed E-state index contributed by atoms with van der Waals surface area (Å²) in [6.45, 7) is 2.08. The summed E-state index contributed by atoms with van der Waals surface area (Å²) in [5, 5.41) is 10.1. The van der Waals surface area contributed by atoms with E-state index in [9.17, 15) is 0 Å². The molecule has 0 aromatic heterocycles. The summed E-state index contributed by atoms with van der Waals surface area (Å²) >= 11 is 13.4. The molecule has 0 N–H and O–H groups in total. The van der Waals surface area contributed by atoms with Gasteiger partial charge in [-0.25, -0.2) is 0 Å². The molecule has 4 heteroatoms. The van der Waals surface area contributed by atoms with Crippen LogP contribution in [0.5, 0.6) is 0 Å². The van der Waals surface area contributed by atoms with Crippen LogP contribution in [0.4, 0.5) is 0 Å². The van der Waals surface area contributed by atoms with Gasteiger partial charge in [-0.3, -0.25) is 0 Å². The van der Waals surface area contributed by atoms with Crippen molar-refractivity contribution in [1.82, 2.24) is 0 Å². The van der Waals surface area contributed by atoms with Gasteiger partial charge in [-0.05, 0) is 24.6 Å². The number of nitriles is 1. The Labute approximate surface area is 104 Å². The topological polar surface area (TPSA) is 23.8 Å². The van der Waals surface area contributed by atoms with Gasteiger partial charge in [0.2, 0.25) is 0 Å². The van der Waals surface area contributed by atoms with Crippen molar-refractivity contribution in [3.63, 3.8) is 0 Å². The van der Waals surface area contributed by atoms with Crippen LogP contribution >= 0.6 is 35.0 Å². The molecule has 1 unspecified atom stereocenters. The van der Waals surface area contributed by atoms with E-state index >= 15 is 0 Å². The van der Waals surface area contributed by atoms with Gasteiger partial charge in [0.1, 0.15) is 0 Å². The highest BCUT2D eigenvalue weighted by molar-refractivity contribution is 8.00. The standard InChI is InChI=1S/C11H11Cl2NS/c1-2-8(5-6-14)15-9-3-4-10(12)11(13)7-9/h3-4,7-8H,2,5H2,1H3. The Balaban J connectivity index is 2.71. The van der Waals surface area contributed by atoms with Gasteiger partial charge in [-0.2, -0.15) is 5.26 Å². The summed E-state index contributed by atoms with van der Waals surface area (Å²) in [5.41, 5.74) is 0. The largest absolute Gasteiger partial charge is 0.198 e. The molecule has 1 nitrogen and oxygen atoms in total. The van der Waals surface area contributed by atoms with Crippen LogP contribution in [0, 0.1) is 11.3 Å². The molecule has 15 heavy (non-hydrogen) atoms. The lowest BCUT2D eigenvalue weighted by molar-refractivity contribution is 0.842. The van der Waals surface area contributed by atoms with E-state index in [1.807, 2.05) is 12.1 Å². The van der Waals surface area contributed by atoms with Crippen molar-refractivity contribution in [1.29, 1.82) is 5.26 Å². The maximum atomic E-state index is 8.63. The van der Waals surface area contributed by atoms with E-state index in [0.29, 0.717) is 21.7 Å². The van der Waals surface area contributed by atoms with Crippen LogP contribution in [0.3, 0.4) is 0 Å². The molecule has 0 heterocycles. The van der Waals surface area contributed by atoms with Crippen molar-refractivity contribution in [2.45, 2.75) is 29.9 Å². The van der Waals surface area contributed by atoms with Crippen LogP contribution in [0.25, 0.3) is 0 Å². The minimum Gasteiger partial charge on any atom is -0.198 e. The molecule has 1 atom stereocenters. The third-order valence-corrected chi connectivity index (χ3v) is 4.07. The van der Waals surface area contributed by atoms with Gasteiger partial charge in [-0.1, -0.05) is 30.1 Å². The molecule has 0 saturated heterocycles. The molecule has 0 saturated carbocycles. The fraction of sp³-hybridized carbons (Fsp3) is 0.364. The van der Waals surface area contributed by atoms with Gasteiger partial charge in [0.15, 0.2) is 0 Å². The summed E-state index contributed by atoms with van der Waals surface area (Å²) < 4.78 is 0. The number of rotatable bonds is 4. The maximum absolute atomic E-state index is 8.63. The lowest BCUT2D eigenvalue weighted by atomic mass is 10.3. The highest BCUT2D eigenvalue weighted by atomic mass is 35.5. The maximum Gasteiger partial charge on any atom is 0.0633 e. The van der Waals surface area contributed by atoms with Gasteiger partial charge in [0.05, 0.1) is 16.1 Å². The molecule has 0 amide bonds. The fourth-order valence-corrected chi connectivity index (χ4v) is 2.52. The van der Waals surface area contributed by atoms with Crippen LogP contribution in [0.2, 0.25) is 10.0 Å². The van der Waals surface area contributed by atoms with Crippen molar-refractivity contribution < 1.29 is 0 Å². The van der Waals surface area contributed by atoms with E-state index in [4.69, 9.17) is 28.5 Å². The van der Waals surface area contributed by atoms with E-state index < -0.39 is 0 Å². The Morgan fingerprint density at radius 1 is 1.40 bits per heavy atom. The number of thioether (sulfide) groups is 1. The second kappa shape index (κ2) is 6.27. The van der Waals surface area contributed by atoms with Gasteiger partial charge < -0.3 is 0 Å². The first kappa shape index (κ1) is 12.7. The van der Waals surface area contributed by atoms with E-state index in [2.05, 4.69) is 13.0 Å². The van der Waals surface area contributed by atoms with E-state index in [1.165, 1.54) is 0 Å². The molecule has 80 valence electrons. The van der Waals surface area contributed by atoms with Crippen molar-refractivity contribution in [3.8, 4) is 6.07 Å². The summed E-state index contributed by atoms with van der Waals surface area (Å²) in [7, 11) is 0. The quantitative estimate of drug-likeness (QED) is 0.727. The highest BCUT2D eigenvalue weighted by Crippen LogP contribution is 2.32. The minimum atomic E-state index is 0.326. The number of hydrogen-bond acceptors (Lipinski definition) is 2. The Kier molecular flexibility index (Phi) is 5.31.